The van der Waals surface area contributed by atoms with Crippen molar-refractivity contribution in [3.63, 3.8) is 0 Å². The van der Waals surface area contributed by atoms with E-state index in [1.807, 2.05) is 0 Å². The van der Waals surface area contributed by atoms with Gasteiger partial charge >= 0.3 is 0 Å². The molecule has 2 rings (SSSR count). The molecule has 18 heavy (non-hydrogen) atoms. The molecule has 2 atom stereocenters. The van der Waals surface area contributed by atoms with E-state index in [1.54, 1.807) is 6.92 Å². The SMILES string of the molecule is Cc1[nH]nc(CO)c1S(=O)(=O)NC1CCCC1C. The van der Waals surface area contributed by atoms with Crippen LogP contribution in [0.1, 0.15) is 37.6 Å². The number of sulfonamides is 1. The smallest absolute Gasteiger partial charge is 0.244 e. The monoisotopic (exact) mass is 273 g/mol. The van der Waals surface area contributed by atoms with Gasteiger partial charge in [-0.15, -0.1) is 0 Å². The van der Waals surface area contributed by atoms with Crippen molar-refractivity contribution in [2.45, 2.75) is 50.7 Å². The molecule has 1 aromatic heterocycles. The maximum atomic E-state index is 12.3. The average molecular weight is 273 g/mol. The molecule has 2 unspecified atom stereocenters. The van der Waals surface area contributed by atoms with Crippen molar-refractivity contribution in [3.8, 4) is 0 Å². The first-order valence-corrected chi connectivity index (χ1v) is 7.61. The molecule has 1 heterocycles. The van der Waals surface area contributed by atoms with Gasteiger partial charge in [0.05, 0.1) is 12.3 Å². The zero-order valence-corrected chi connectivity index (χ0v) is 11.4. The number of aliphatic hydroxyl groups excluding tert-OH is 1. The first-order valence-electron chi connectivity index (χ1n) is 6.12. The van der Waals surface area contributed by atoms with Crippen LogP contribution < -0.4 is 4.72 Å². The van der Waals surface area contributed by atoms with Crippen molar-refractivity contribution in [2.24, 2.45) is 5.92 Å². The molecule has 0 saturated heterocycles. The molecule has 0 spiro atoms. The molecule has 0 aromatic carbocycles. The minimum absolute atomic E-state index is 0.0177. The van der Waals surface area contributed by atoms with Crippen LogP contribution in [0.25, 0.3) is 0 Å². The third-order valence-corrected chi connectivity index (χ3v) is 5.24. The van der Waals surface area contributed by atoms with Crippen LogP contribution >= 0.6 is 0 Å². The van der Waals surface area contributed by atoms with Crippen molar-refractivity contribution in [3.05, 3.63) is 11.4 Å². The highest BCUT2D eigenvalue weighted by molar-refractivity contribution is 7.89. The highest BCUT2D eigenvalue weighted by Crippen LogP contribution is 2.27. The van der Waals surface area contributed by atoms with Crippen molar-refractivity contribution in [2.75, 3.05) is 0 Å². The summed E-state index contributed by atoms with van der Waals surface area (Å²) >= 11 is 0. The standard InChI is InChI=1S/C11H19N3O3S/c1-7-4-3-5-9(7)14-18(16,17)11-8(2)12-13-10(11)6-15/h7,9,14-15H,3-6H2,1-2H3,(H,12,13). The minimum Gasteiger partial charge on any atom is -0.390 e. The average Bonchev–Trinajstić information content (AvgIpc) is 2.85. The fraction of sp³-hybridized carbons (Fsp3) is 0.727. The summed E-state index contributed by atoms with van der Waals surface area (Å²) in [7, 11) is -3.61. The fourth-order valence-electron chi connectivity index (χ4n) is 2.51. The Balaban J connectivity index is 2.27. The second-order valence-corrected chi connectivity index (χ2v) is 6.57. The molecule has 1 aliphatic rings. The van der Waals surface area contributed by atoms with E-state index in [0.29, 0.717) is 11.6 Å². The molecular formula is C11H19N3O3S. The van der Waals surface area contributed by atoms with Crippen LogP contribution in [-0.2, 0) is 16.6 Å². The van der Waals surface area contributed by atoms with Crippen molar-refractivity contribution in [1.29, 1.82) is 0 Å². The number of nitrogens with zero attached hydrogens (tertiary/aromatic N) is 1. The number of H-pyrrole nitrogens is 1. The molecule has 1 aliphatic carbocycles. The second-order valence-electron chi connectivity index (χ2n) is 4.92. The molecule has 7 heteroatoms. The summed E-state index contributed by atoms with van der Waals surface area (Å²) in [4.78, 5) is 0.0871. The molecular weight excluding hydrogens is 254 g/mol. The lowest BCUT2D eigenvalue weighted by Gasteiger charge is -2.17. The normalized spacial score (nSPS) is 24.6. The lowest BCUT2D eigenvalue weighted by molar-refractivity contribution is 0.273. The summed E-state index contributed by atoms with van der Waals surface area (Å²) < 4.78 is 27.4. The summed E-state index contributed by atoms with van der Waals surface area (Å²) in [5.74, 6) is 0.351. The van der Waals surface area contributed by atoms with E-state index in [9.17, 15) is 8.42 Å². The Kier molecular flexibility index (Phi) is 3.74. The van der Waals surface area contributed by atoms with E-state index in [2.05, 4.69) is 21.8 Å². The van der Waals surface area contributed by atoms with Crippen molar-refractivity contribution >= 4 is 10.0 Å². The van der Waals surface area contributed by atoms with Crippen LogP contribution in [0.2, 0.25) is 0 Å². The number of rotatable bonds is 4. The summed E-state index contributed by atoms with van der Waals surface area (Å²) in [6.45, 7) is 3.30. The molecule has 0 amide bonds. The molecule has 102 valence electrons. The van der Waals surface area contributed by atoms with Crippen LogP contribution in [0.15, 0.2) is 4.90 Å². The number of hydrogen-bond donors (Lipinski definition) is 3. The Morgan fingerprint density at radius 1 is 1.50 bits per heavy atom. The molecule has 1 saturated carbocycles. The van der Waals surface area contributed by atoms with Crippen LogP contribution in [0, 0.1) is 12.8 Å². The third kappa shape index (κ3) is 2.43. The lowest BCUT2D eigenvalue weighted by Crippen LogP contribution is -2.36. The van der Waals surface area contributed by atoms with Gasteiger partial charge in [-0.05, 0) is 25.7 Å². The van der Waals surface area contributed by atoms with Gasteiger partial charge < -0.3 is 5.11 Å². The topological polar surface area (TPSA) is 95.1 Å². The largest absolute Gasteiger partial charge is 0.390 e. The van der Waals surface area contributed by atoms with Gasteiger partial charge in [-0.3, -0.25) is 5.10 Å². The fourth-order valence-corrected chi connectivity index (χ4v) is 4.25. The predicted octanol–water partition coefficient (Wildman–Crippen LogP) is 0.677. The zero-order chi connectivity index (χ0) is 13.3. The van der Waals surface area contributed by atoms with Gasteiger partial charge in [-0.1, -0.05) is 13.3 Å². The number of aromatic amines is 1. The van der Waals surface area contributed by atoms with Gasteiger partial charge in [0, 0.05) is 6.04 Å². The zero-order valence-electron chi connectivity index (χ0n) is 10.6. The van der Waals surface area contributed by atoms with Crippen molar-refractivity contribution in [1.82, 2.24) is 14.9 Å². The molecule has 3 N–H and O–H groups in total. The summed E-state index contributed by atoms with van der Waals surface area (Å²) in [6, 6.07) is -0.0177. The van der Waals surface area contributed by atoms with E-state index in [-0.39, 0.29) is 23.2 Å². The summed E-state index contributed by atoms with van der Waals surface area (Å²) in [5.41, 5.74) is 0.628. The molecule has 6 nitrogen and oxygen atoms in total. The number of hydrogen-bond acceptors (Lipinski definition) is 4. The maximum Gasteiger partial charge on any atom is 0.244 e. The predicted molar refractivity (Wildman–Crippen MR) is 66.4 cm³/mol. The number of aliphatic hydroxyl groups is 1. The van der Waals surface area contributed by atoms with E-state index in [0.717, 1.165) is 19.3 Å². The van der Waals surface area contributed by atoms with Crippen LogP contribution in [0.4, 0.5) is 0 Å². The molecule has 1 fully saturated rings. The van der Waals surface area contributed by atoms with E-state index in [4.69, 9.17) is 5.11 Å². The third-order valence-electron chi connectivity index (χ3n) is 3.55. The highest BCUT2D eigenvalue weighted by atomic mass is 32.2. The van der Waals surface area contributed by atoms with E-state index >= 15 is 0 Å². The summed E-state index contributed by atoms with van der Waals surface area (Å²) in [5, 5.41) is 15.5. The quantitative estimate of drug-likeness (QED) is 0.751. The Hall–Kier alpha value is -0.920. The first kappa shape index (κ1) is 13.5. The Bertz CT molecular complexity index is 524. The van der Waals surface area contributed by atoms with Gasteiger partial charge in [0.2, 0.25) is 10.0 Å². The molecule has 1 aromatic rings. The van der Waals surface area contributed by atoms with E-state index < -0.39 is 10.0 Å². The second kappa shape index (κ2) is 4.99. The first-order chi connectivity index (χ1) is 8.45. The lowest BCUT2D eigenvalue weighted by atomic mass is 10.1. The van der Waals surface area contributed by atoms with Gasteiger partial charge in [-0.25, -0.2) is 13.1 Å². The number of nitrogens with one attached hydrogen (secondary N) is 2. The molecule has 0 bridgehead atoms. The maximum absolute atomic E-state index is 12.3. The summed E-state index contributed by atoms with van der Waals surface area (Å²) in [6.07, 6.45) is 2.96. The Morgan fingerprint density at radius 3 is 2.78 bits per heavy atom. The van der Waals surface area contributed by atoms with E-state index in [1.165, 1.54) is 0 Å². The van der Waals surface area contributed by atoms with Gasteiger partial charge in [0.25, 0.3) is 0 Å². The van der Waals surface area contributed by atoms with Crippen LogP contribution in [0.5, 0.6) is 0 Å². The van der Waals surface area contributed by atoms with Gasteiger partial charge in [-0.2, -0.15) is 5.10 Å². The molecule has 0 radical (unpaired) electrons. The number of aromatic nitrogens is 2. The van der Waals surface area contributed by atoms with Gasteiger partial charge in [0.1, 0.15) is 10.6 Å². The number of aryl methyl sites for hydroxylation is 1. The Morgan fingerprint density at radius 2 is 2.22 bits per heavy atom. The highest BCUT2D eigenvalue weighted by Gasteiger charge is 2.31. The van der Waals surface area contributed by atoms with Crippen molar-refractivity contribution < 1.29 is 13.5 Å². The van der Waals surface area contributed by atoms with Crippen LogP contribution in [-0.4, -0.2) is 29.8 Å². The molecule has 0 aliphatic heterocycles. The van der Waals surface area contributed by atoms with Crippen LogP contribution in [0.3, 0.4) is 0 Å². The van der Waals surface area contributed by atoms with Gasteiger partial charge in [0.15, 0.2) is 0 Å². The Labute approximate surface area is 107 Å². The minimum atomic E-state index is -3.61.